The van der Waals surface area contributed by atoms with Gasteiger partial charge in [-0.1, -0.05) is 12.1 Å². The van der Waals surface area contributed by atoms with Crippen molar-refractivity contribution in [3.63, 3.8) is 0 Å². The number of aromatic nitrogens is 1. The molecule has 0 fully saturated rings. The summed E-state index contributed by atoms with van der Waals surface area (Å²) in [4.78, 5) is 15.9. The monoisotopic (exact) mass is 320 g/mol. The van der Waals surface area contributed by atoms with Crippen molar-refractivity contribution in [2.24, 2.45) is 0 Å². The van der Waals surface area contributed by atoms with Crippen LogP contribution in [0.4, 0.5) is 5.82 Å². The molecule has 2 aromatic rings. The van der Waals surface area contributed by atoms with Crippen LogP contribution in [-0.4, -0.2) is 18.0 Å². The van der Waals surface area contributed by atoms with E-state index >= 15 is 0 Å². The number of nitrogens with one attached hydrogen (secondary N) is 1. The van der Waals surface area contributed by atoms with E-state index in [1.165, 1.54) is 0 Å². The minimum absolute atomic E-state index is 0.0972. The van der Waals surface area contributed by atoms with E-state index in [4.69, 9.17) is 4.74 Å². The zero-order valence-electron chi connectivity index (χ0n) is 10.4. The maximum Gasteiger partial charge on any atom is 0.229 e. The Morgan fingerprint density at radius 1 is 1.26 bits per heavy atom. The van der Waals surface area contributed by atoms with Crippen molar-refractivity contribution in [1.29, 1.82) is 0 Å². The second-order valence-electron chi connectivity index (χ2n) is 3.93. The first-order valence-corrected chi connectivity index (χ1v) is 6.51. The number of carbonyl (C=O) groups is 1. The lowest BCUT2D eigenvalue weighted by atomic mass is 10.1. The third-order valence-electron chi connectivity index (χ3n) is 2.52. The number of amides is 1. The molecule has 2 rings (SSSR count). The van der Waals surface area contributed by atoms with Crippen LogP contribution in [0.1, 0.15) is 5.56 Å². The number of nitrogens with zero attached hydrogens (tertiary/aromatic N) is 1. The molecular weight excluding hydrogens is 308 g/mol. The number of halogens is 1. The van der Waals surface area contributed by atoms with E-state index < -0.39 is 0 Å². The summed E-state index contributed by atoms with van der Waals surface area (Å²) in [6.45, 7) is 0. The Morgan fingerprint density at radius 3 is 2.58 bits per heavy atom. The first-order valence-electron chi connectivity index (χ1n) is 5.72. The minimum atomic E-state index is -0.0972. The fourth-order valence-electron chi connectivity index (χ4n) is 1.57. The van der Waals surface area contributed by atoms with Crippen molar-refractivity contribution < 1.29 is 9.53 Å². The maximum absolute atomic E-state index is 11.8. The van der Waals surface area contributed by atoms with Crippen LogP contribution in [0.3, 0.4) is 0 Å². The van der Waals surface area contributed by atoms with E-state index in [-0.39, 0.29) is 5.91 Å². The molecule has 19 heavy (non-hydrogen) atoms. The molecule has 1 aromatic heterocycles. The van der Waals surface area contributed by atoms with Crippen LogP contribution in [0.15, 0.2) is 47.1 Å². The van der Waals surface area contributed by atoms with Gasteiger partial charge in [0.25, 0.3) is 0 Å². The highest BCUT2D eigenvalue weighted by Gasteiger charge is 2.05. The van der Waals surface area contributed by atoms with Crippen molar-refractivity contribution in [3.05, 3.63) is 52.6 Å². The first kappa shape index (κ1) is 13.5. The van der Waals surface area contributed by atoms with Gasteiger partial charge in [-0.2, -0.15) is 0 Å². The zero-order chi connectivity index (χ0) is 13.7. The van der Waals surface area contributed by atoms with E-state index in [9.17, 15) is 4.79 Å². The van der Waals surface area contributed by atoms with E-state index in [0.717, 1.165) is 15.8 Å². The van der Waals surface area contributed by atoms with Crippen LogP contribution < -0.4 is 10.1 Å². The Kier molecular flexibility index (Phi) is 4.52. The number of benzene rings is 1. The smallest absolute Gasteiger partial charge is 0.229 e. The first-order chi connectivity index (χ1) is 9.17. The Morgan fingerprint density at radius 2 is 2.00 bits per heavy atom. The van der Waals surface area contributed by atoms with Crippen LogP contribution in [0.25, 0.3) is 0 Å². The molecule has 1 N–H and O–H groups in total. The van der Waals surface area contributed by atoms with Gasteiger partial charge >= 0.3 is 0 Å². The molecule has 5 heteroatoms. The van der Waals surface area contributed by atoms with Gasteiger partial charge in [0.05, 0.1) is 13.5 Å². The number of ether oxygens (including phenoxy) is 1. The highest BCUT2D eigenvalue weighted by atomic mass is 79.9. The van der Waals surface area contributed by atoms with Crippen molar-refractivity contribution in [1.82, 2.24) is 4.98 Å². The molecule has 0 radical (unpaired) electrons. The molecular formula is C14H13BrN2O2. The molecule has 1 aromatic carbocycles. The van der Waals surface area contributed by atoms with Gasteiger partial charge in [0.15, 0.2) is 0 Å². The minimum Gasteiger partial charge on any atom is -0.497 e. The SMILES string of the molecule is COc1ccc(CC(=O)Nc2ccc(Br)cn2)cc1. The summed E-state index contributed by atoms with van der Waals surface area (Å²) in [5.74, 6) is 1.22. The molecule has 0 saturated carbocycles. The average molecular weight is 321 g/mol. The molecule has 0 aliphatic heterocycles. The van der Waals surface area contributed by atoms with Crippen molar-refractivity contribution >= 4 is 27.7 Å². The van der Waals surface area contributed by atoms with Gasteiger partial charge in [-0.3, -0.25) is 4.79 Å². The Balaban J connectivity index is 1.95. The highest BCUT2D eigenvalue weighted by molar-refractivity contribution is 9.10. The van der Waals surface area contributed by atoms with E-state index in [2.05, 4.69) is 26.2 Å². The summed E-state index contributed by atoms with van der Waals surface area (Å²) in [7, 11) is 1.61. The predicted molar refractivity (Wildman–Crippen MR) is 77.3 cm³/mol. The third kappa shape index (κ3) is 4.06. The summed E-state index contributed by atoms with van der Waals surface area (Å²) in [5.41, 5.74) is 0.926. The van der Waals surface area contributed by atoms with Gasteiger partial charge in [-0.15, -0.1) is 0 Å². The number of hydrogen-bond acceptors (Lipinski definition) is 3. The quantitative estimate of drug-likeness (QED) is 0.942. The number of methoxy groups -OCH3 is 1. The third-order valence-corrected chi connectivity index (χ3v) is 2.99. The van der Waals surface area contributed by atoms with E-state index in [1.807, 2.05) is 30.3 Å². The molecule has 0 aliphatic carbocycles. The van der Waals surface area contributed by atoms with Crippen molar-refractivity contribution in [3.8, 4) is 5.75 Å². The molecule has 0 spiro atoms. The van der Waals surface area contributed by atoms with E-state index in [1.54, 1.807) is 19.4 Å². The number of rotatable bonds is 4. The average Bonchev–Trinajstić information content (AvgIpc) is 2.42. The Hall–Kier alpha value is -1.88. The van der Waals surface area contributed by atoms with Crippen LogP contribution in [0.2, 0.25) is 0 Å². The topological polar surface area (TPSA) is 51.2 Å². The van der Waals surface area contributed by atoms with Gasteiger partial charge in [0.1, 0.15) is 11.6 Å². The number of hydrogen-bond donors (Lipinski definition) is 1. The Labute approximate surface area is 119 Å². The largest absolute Gasteiger partial charge is 0.497 e. The van der Waals surface area contributed by atoms with Crippen LogP contribution >= 0.6 is 15.9 Å². The zero-order valence-corrected chi connectivity index (χ0v) is 12.0. The lowest BCUT2D eigenvalue weighted by molar-refractivity contribution is -0.115. The predicted octanol–water partition coefficient (Wildman–Crippen LogP) is 3.03. The van der Waals surface area contributed by atoms with Gasteiger partial charge in [-0.05, 0) is 45.8 Å². The lowest BCUT2D eigenvalue weighted by Crippen LogP contribution is -2.15. The lowest BCUT2D eigenvalue weighted by Gasteiger charge is -2.05. The van der Waals surface area contributed by atoms with Gasteiger partial charge < -0.3 is 10.1 Å². The number of pyridine rings is 1. The van der Waals surface area contributed by atoms with Crippen LogP contribution in [-0.2, 0) is 11.2 Å². The molecule has 0 unspecified atom stereocenters. The summed E-state index contributed by atoms with van der Waals surface area (Å²) in [5, 5.41) is 2.74. The summed E-state index contributed by atoms with van der Waals surface area (Å²) >= 11 is 3.29. The van der Waals surface area contributed by atoms with Crippen molar-refractivity contribution in [2.45, 2.75) is 6.42 Å². The fraction of sp³-hybridized carbons (Fsp3) is 0.143. The number of anilines is 1. The van der Waals surface area contributed by atoms with E-state index in [0.29, 0.717) is 12.2 Å². The van der Waals surface area contributed by atoms with Crippen LogP contribution in [0.5, 0.6) is 5.75 Å². The molecule has 0 saturated heterocycles. The molecule has 0 aliphatic rings. The van der Waals surface area contributed by atoms with Crippen LogP contribution in [0, 0.1) is 0 Å². The second kappa shape index (κ2) is 6.33. The maximum atomic E-state index is 11.8. The molecule has 1 amide bonds. The molecule has 4 nitrogen and oxygen atoms in total. The molecule has 98 valence electrons. The van der Waals surface area contributed by atoms with Crippen molar-refractivity contribution in [2.75, 3.05) is 12.4 Å². The summed E-state index contributed by atoms with van der Waals surface area (Å²) < 4.78 is 5.94. The van der Waals surface area contributed by atoms with Gasteiger partial charge in [-0.25, -0.2) is 4.98 Å². The molecule has 0 atom stereocenters. The summed E-state index contributed by atoms with van der Waals surface area (Å²) in [6, 6.07) is 11.0. The normalized spacial score (nSPS) is 10.0. The van der Waals surface area contributed by atoms with Gasteiger partial charge in [0.2, 0.25) is 5.91 Å². The standard InChI is InChI=1S/C14H13BrN2O2/c1-19-12-5-2-10(3-6-12)8-14(18)17-13-7-4-11(15)9-16-13/h2-7,9H,8H2,1H3,(H,16,17,18). The number of carbonyl (C=O) groups excluding carboxylic acids is 1. The molecule has 0 bridgehead atoms. The molecule has 1 heterocycles. The fourth-order valence-corrected chi connectivity index (χ4v) is 1.80. The highest BCUT2D eigenvalue weighted by Crippen LogP contribution is 2.13. The second-order valence-corrected chi connectivity index (χ2v) is 4.85. The summed E-state index contributed by atoms with van der Waals surface area (Å²) in [6.07, 6.45) is 1.95. The Bertz CT molecular complexity index is 553. The van der Waals surface area contributed by atoms with Gasteiger partial charge in [0, 0.05) is 10.7 Å².